The lowest BCUT2D eigenvalue weighted by Crippen LogP contribution is -2.27. The molecular weight excluding hydrogens is 535 g/mol. The van der Waals surface area contributed by atoms with Gasteiger partial charge in [-0.2, -0.15) is 18.2 Å². The first-order valence-electron chi connectivity index (χ1n) is 10.9. The van der Waals surface area contributed by atoms with Gasteiger partial charge in [-0.15, -0.1) is 0 Å². The predicted octanol–water partition coefficient (Wildman–Crippen LogP) is 4.28. The van der Waals surface area contributed by atoms with Gasteiger partial charge in [-0.25, -0.2) is 36.2 Å². The number of halogens is 5. The highest BCUT2D eigenvalue weighted by Gasteiger charge is 2.33. The van der Waals surface area contributed by atoms with E-state index in [1.165, 1.54) is 15.3 Å². The number of hydrogen-bond acceptors (Lipinski definition) is 7. The van der Waals surface area contributed by atoms with E-state index in [9.17, 15) is 26.0 Å². The Labute approximate surface area is 212 Å². The smallest absolute Gasteiger partial charge is 0.235 e. The lowest BCUT2D eigenvalue weighted by atomic mass is 10.1. The minimum Gasteiger partial charge on any atom is -0.451 e. The van der Waals surface area contributed by atoms with E-state index in [0.29, 0.717) is 6.42 Å². The van der Waals surface area contributed by atoms with Crippen LogP contribution < -0.4 is 10.5 Å². The Hall–Kier alpha value is -4.11. The highest BCUT2D eigenvalue weighted by Crippen LogP contribution is 2.37. The summed E-state index contributed by atoms with van der Waals surface area (Å²) in [4.78, 5) is 8.13. The van der Waals surface area contributed by atoms with Crippen molar-refractivity contribution in [1.82, 2.24) is 24.1 Å². The van der Waals surface area contributed by atoms with Crippen LogP contribution in [0.5, 0.6) is 11.5 Å². The normalized spacial score (nSPS) is 16.3. The van der Waals surface area contributed by atoms with Crippen molar-refractivity contribution in [3.63, 3.8) is 0 Å². The molecule has 198 valence electrons. The summed E-state index contributed by atoms with van der Waals surface area (Å²) in [5.41, 5.74) is 6.17. The van der Waals surface area contributed by atoms with Crippen LogP contribution in [0.2, 0.25) is 0 Å². The second-order valence-corrected chi connectivity index (χ2v) is 10.2. The molecule has 0 saturated carbocycles. The standard InChI is InChI=1S/C23H17F5N6O3S/c1-2-38(35,36)33-6-5-11(9-33)34-23-17(22(29)30-10-31-23)20(32-34)13-4-3-12(7-14(13)24)37-21-18(27)15(25)8-16(26)19(21)28/h2-4,7-8,10-11H,1,5-6,9H2,(H2,29,30,31). The molecular formula is C23H17F5N6O3S. The fourth-order valence-corrected chi connectivity index (χ4v) is 5.15. The highest BCUT2D eigenvalue weighted by molar-refractivity contribution is 7.92. The first-order chi connectivity index (χ1) is 18.0. The summed E-state index contributed by atoms with van der Waals surface area (Å²) in [5.74, 6) is -9.77. The summed E-state index contributed by atoms with van der Waals surface area (Å²) < 4.78 is 102. The van der Waals surface area contributed by atoms with Gasteiger partial charge in [0.2, 0.25) is 27.4 Å². The summed E-state index contributed by atoms with van der Waals surface area (Å²) in [6, 6.07) is 2.58. The molecule has 1 saturated heterocycles. The van der Waals surface area contributed by atoms with Gasteiger partial charge in [-0.05, 0) is 18.6 Å². The number of nitrogens with two attached hydrogens (primary N) is 1. The Morgan fingerprint density at radius 3 is 2.42 bits per heavy atom. The van der Waals surface area contributed by atoms with Gasteiger partial charge in [0.1, 0.15) is 29.4 Å². The Morgan fingerprint density at radius 1 is 1.05 bits per heavy atom. The Bertz CT molecular complexity index is 1690. The molecule has 3 heterocycles. The maximum Gasteiger partial charge on any atom is 0.235 e. The van der Waals surface area contributed by atoms with Crippen molar-refractivity contribution in [2.24, 2.45) is 0 Å². The zero-order valence-electron chi connectivity index (χ0n) is 19.2. The van der Waals surface area contributed by atoms with Gasteiger partial charge in [0.05, 0.1) is 11.4 Å². The molecule has 0 spiro atoms. The number of nitrogen functional groups attached to an aromatic ring is 1. The van der Waals surface area contributed by atoms with E-state index in [-0.39, 0.29) is 47.3 Å². The maximum absolute atomic E-state index is 15.3. The van der Waals surface area contributed by atoms with Crippen LogP contribution in [0.25, 0.3) is 22.3 Å². The van der Waals surface area contributed by atoms with Crippen LogP contribution >= 0.6 is 0 Å². The van der Waals surface area contributed by atoms with Crippen LogP contribution in [0.1, 0.15) is 12.5 Å². The van der Waals surface area contributed by atoms with Crippen LogP contribution in [0, 0.1) is 29.1 Å². The van der Waals surface area contributed by atoms with Crippen LogP contribution in [-0.2, 0) is 10.0 Å². The molecule has 1 fully saturated rings. The third-order valence-corrected chi connectivity index (χ3v) is 7.52. The second kappa shape index (κ2) is 9.33. The monoisotopic (exact) mass is 552 g/mol. The van der Waals surface area contributed by atoms with Gasteiger partial charge in [0.25, 0.3) is 0 Å². The highest BCUT2D eigenvalue weighted by atomic mass is 32.2. The number of benzene rings is 2. The molecule has 0 aliphatic carbocycles. The van der Waals surface area contributed by atoms with E-state index < -0.39 is 56.7 Å². The van der Waals surface area contributed by atoms with Crippen LogP contribution in [0.15, 0.2) is 42.6 Å². The SMILES string of the molecule is C=CS(=O)(=O)N1CCC(n2nc(-c3ccc(Oc4c(F)c(F)cc(F)c4F)cc3F)c3c(N)ncnc32)C1. The zero-order chi connectivity index (χ0) is 27.4. The topological polar surface area (TPSA) is 116 Å². The zero-order valence-corrected chi connectivity index (χ0v) is 20.0. The average Bonchev–Trinajstić information content (AvgIpc) is 3.52. The fraction of sp³-hybridized carbons (Fsp3) is 0.174. The van der Waals surface area contributed by atoms with Gasteiger partial charge < -0.3 is 10.5 Å². The van der Waals surface area contributed by atoms with E-state index in [0.717, 1.165) is 23.6 Å². The molecule has 0 radical (unpaired) electrons. The van der Waals surface area contributed by atoms with Crippen molar-refractivity contribution in [2.45, 2.75) is 12.5 Å². The molecule has 2 N–H and O–H groups in total. The van der Waals surface area contributed by atoms with Gasteiger partial charge >= 0.3 is 0 Å². The van der Waals surface area contributed by atoms with Crippen molar-refractivity contribution in [2.75, 3.05) is 18.8 Å². The van der Waals surface area contributed by atoms with Crippen LogP contribution in [0.3, 0.4) is 0 Å². The third-order valence-electron chi connectivity index (χ3n) is 6.05. The minimum atomic E-state index is -3.67. The predicted molar refractivity (Wildman–Crippen MR) is 126 cm³/mol. The lowest BCUT2D eigenvalue weighted by molar-refractivity contribution is 0.365. The van der Waals surface area contributed by atoms with Crippen LogP contribution in [-0.4, -0.2) is 45.6 Å². The first-order valence-corrected chi connectivity index (χ1v) is 12.4. The van der Waals surface area contributed by atoms with Crippen LogP contribution in [0.4, 0.5) is 27.8 Å². The molecule has 1 aliphatic rings. The van der Waals surface area contributed by atoms with Gasteiger partial charge in [0.15, 0.2) is 17.3 Å². The number of ether oxygens (including phenoxy) is 1. The van der Waals surface area contributed by atoms with Gasteiger partial charge in [-0.1, -0.05) is 6.58 Å². The second-order valence-electron chi connectivity index (χ2n) is 8.30. The first kappa shape index (κ1) is 25.5. The molecule has 0 bridgehead atoms. The summed E-state index contributed by atoms with van der Waals surface area (Å²) in [5, 5.41) is 5.49. The molecule has 2 aromatic carbocycles. The summed E-state index contributed by atoms with van der Waals surface area (Å²) in [7, 11) is -3.67. The molecule has 0 amide bonds. The molecule has 15 heteroatoms. The van der Waals surface area contributed by atoms with E-state index in [1.54, 1.807) is 0 Å². The molecule has 1 atom stereocenters. The Kier molecular flexibility index (Phi) is 6.27. The largest absolute Gasteiger partial charge is 0.451 e. The quantitative estimate of drug-likeness (QED) is 0.280. The molecule has 38 heavy (non-hydrogen) atoms. The molecule has 1 aliphatic heterocycles. The van der Waals surface area contributed by atoms with Crippen molar-refractivity contribution in [3.8, 4) is 22.8 Å². The summed E-state index contributed by atoms with van der Waals surface area (Å²) in [6.45, 7) is 3.58. The summed E-state index contributed by atoms with van der Waals surface area (Å²) in [6.07, 6.45) is 1.56. The summed E-state index contributed by atoms with van der Waals surface area (Å²) >= 11 is 0. The molecule has 1 unspecified atom stereocenters. The van der Waals surface area contributed by atoms with E-state index in [4.69, 9.17) is 10.5 Å². The van der Waals surface area contributed by atoms with Gasteiger partial charge in [0, 0.05) is 36.2 Å². The number of fused-ring (bicyclic) bond motifs is 1. The fourth-order valence-electron chi connectivity index (χ4n) is 4.20. The van der Waals surface area contributed by atoms with Crippen molar-refractivity contribution < 1.29 is 35.1 Å². The number of hydrogen-bond donors (Lipinski definition) is 1. The molecule has 2 aromatic heterocycles. The minimum absolute atomic E-state index is 0.0151. The Morgan fingerprint density at radius 2 is 1.76 bits per heavy atom. The molecule has 9 nitrogen and oxygen atoms in total. The van der Waals surface area contributed by atoms with E-state index in [1.807, 2.05) is 0 Å². The maximum atomic E-state index is 15.3. The van der Waals surface area contributed by atoms with Crippen molar-refractivity contribution in [1.29, 1.82) is 0 Å². The Balaban J connectivity index is 1.55. The number of nitrogens with zero attached hydrogens (tertiary/aromatic N) is 5. The number of aromatic nitrogens is 4. The van der Waals surface area contributed by atoms with Crippen molar-refractivity contribution in [3.05, 3.63) is 71.7 Å². The lowest BCUT2D eigenvalue weighted by Gasteiger charge is -2.14. The van der Waals surface area contributed by atoms with Crippen molar-refractivity contribution >= 4 is 26.9 Å². The van der Waals surface area contributed by atoms with E-state index >= 15 is 4.39 Å². The van der Waals surface area contributed by atoms with E-state index in [2.05, 4.69) is 21.6 Å². The molecule has 5 rings (SSSR count). The number of rotatable bonds is 6. The third kappa shape index (κ3) is 4.22. The average molecular weight is 552 g/mol. The number of anilines is 1. The number of sulfonamides is 1. The van der Waals surface area contributed by atoms with Gasteiger partial charge in [-0.3, -0.25) is 0 Å². The molecule has 4 aromatic rings.